The summed E-state index contributed by atoms with van der Waals surface area (Å²) < 4.78 is 0. The van der Waals surface area contributed by atoms with E-state index in [2.05, 4.69) is 5.32 Å². The van der Waals surface area contributed by atoms with Crippen molar-refractivity contribution in [3.05, 3.63) is 28.8 Å². The second-order valence-electron chi connectivity index (χ2n) is 6.44. The van der Waals surface area contributed by atoms with Crippen molar-refractivity contribution in [2.75, 3.05) is 31.1 Å². The predicted molar refractivity (Wildman–Crippen MR) is 108 cm³/mol. The van der Waals surface area contributed by atoms with Crippen molar-refractivity contribution in [1.82, 2.24) is 10.4 Å². The maximum Gasteiger partial charge on any atom is 0.325 e. The summed E-state index contributed by atoms with van der Waals surface area (Å²) in [7, 11) is 0. The van der Waals surface area contributed by atoms with Gasteiger partial charge in [-0.2, -0.15) is 11.8 Å². The molecule has 0 spiro atoms. The summed E-state index contributed by atoms with van der Waals surface area (Å²) in [5.41, 5.74) is 0.188. The monoisotopic (exact) mass is 414 g/mol. The number of rotatable bonds is 10. The van der Waals surface area contributed by atoms with Crippen LogP contribution in [0.25, 0.3) is 0 Å². The van der Waals surface area contributed by atoms with Gasteiger partial charge in [0, 0.05) is 42.6 Å². The van der Waals surface area contributed by atoms with Gasteiger partial charge in [0.15, 0.2) is 0 Å². The van der Waals surface area contributed by atoms with E-state index < -0.39 is 0 Å². The minimum Gasteiger partial charge on any atom is -0.507 e. The first kappa shape index (κ1) is 21.9. The quantitative estimate of drug-likeness (QED) is 0.569. The highest BCUT2D eigenvalue weighted by molar-refractivity contribution is 7.99. The Kier molecular flexibility index (Phi) is 9.80. The lowest BCUT2D eigenvalue weighted by Gasteiger charge is -2.24. The van der Waals surface area contributed by atoms with Crippen molar-refractivity contribution >= 4 is 35.2 Å². The second kappa shape index (κ2) is 12.1. The van der Waals surface area contributed by atoms with Crippen LogP contribution in [-0.4, -0.2) is 53.2 Å². The Bertz CT molecular complexity index is 624. The molecule has 2 rings (SSSR count). The van der Waals surface area contributed by atoms with E-state index in [9.17, 15) is 14.7 Å². The molecule has 1 aliphatic heterocycles. The van der Waals surface area contributed by atoms with Gasteiger partial charge in [-0.15, -0.1) is 5.06 Å². The highest BCUT2D eigenvalue weighted by Gasteiger charge is 2.15. The Balaban J connectivity index is 1.48. The van der Waals surface area contributed by atoms with Crippen molar-refractivity contribution in [2.24, 2.45) is 0 Å². The number of carbonyl (C=O) groups excluding carboxylic acids is 2. The molecule has 27 heavy (non-hydrogen) atoms. The number of unbranched alkanes of at least 4 members (excludes halogenated alkanes) is 4. The summed E-state index contributed by atoms with van der Waals surface area (Å²) in [5, 5.41) is 14.7. The van der Waals surface area contributed by atoms with Gasteiger partial charge in [0.2, 0.25) is 0 Å². The zero-order valence-corrected chi connectivity index (χ0v) is 17.0. The lowest BCUT2D eigenvalue weighted by atomic mass is 10.1. The number of nitrogens with zero attached hydrogens (tertiary/aromatic N) is 1. The van der Waals surface area contributed by atoms with Gasteiger partial charge in [-0.1, -0.05) is 30.9 Å². The summed E-state index contributed by atoms with van der Waals surface area (Å²) in [6.07, 6.45) is 5.07. The molecule has 1 aromatic rings. The number of carbonyl (C=O) groups is 2. The summed E-state index contributed by atoms with van der Waals surface area (Å²) in [5.74, 6) is 1.48. The molecule has 1 amide bonds. The zero-order valence-electron chi connectivity index (χ0n) is 15.4. The van der Waals surface area contributed by atoms with E-state index >= 15 is 0 Å². The lowest BCUT2D eigenvalue weighted by Crippen LogP contribution is -2.34. The van der Waals surface area contributed by atoms with Crippen LogP contribution in [0.3, 0.4) is 0 Å². The van der Waals surface area contributed by atoms with E-state index in [0.717, 1.165) is 56.7 Å². The van der Waals surface area contributed by atoms with Crippen LogP contribution in [0.1, 0.15) is 48.9 Å². The molecule has 1 aliphatic rings. The van der Waals surface area contributed by atoms with Gasteiger partial charge in [0.1, 0.15) is 5.75 Å². The maximum absolute atomic E-state index is 12.0. The minimum atomic E-state index is -0.325. The topological polar surface area (TPSA) is 78.9 Å². The van der Waals surface area contributed by atoms with Crippen LogP contribution in [-0.2, 0) is 9.63 Å². The third kappa shape index (κ3) is 8.41. The van der Waals surface area contributed by atoms with Crippen LogP contribution < -0.4 is 5.32 Å². The van der Waals surface area contributed by atoms with E-state index in [0.29, 0.717) is 18.0 Å². The van der Waals surface area contributed by atoms with Crippen LogP contribution in [0.2, 0.25) is 5.02 Å². The molecule has 0 radical (unpaired) electrons. The Morgan fingerprint density at radius 1 is 1.15 bits per heavy atom. The van der Waals surface area contributed by atoms with Crippen molar-refractivity contribution in [3.8, 4) is 5.75 Å². The fourth-order valence-corrected chi connectivity index (χ4v) is 3.78. The molecular formula is C19H27ClN2O4S. The van der Waals surface area contributed by atoms with Crippen molar-refractivity contribution in [2.45, 2.75) is 38.5 Å². The fraction of sp³-hybridized carbons (Fsp3) is 0.579. The number of aromatic hydroxyl groups is 1. The lowest BCUT2D eigenvalue weighted by molar-refractivity contribution is -0.188. The highest BCUT2D eigenvalue weighted by Crippen LogP contribution is 2.21. The fourth-order valence-electron chi connectivity index (χ4n) is 2.74. The third-order valence-electron chi connectivity index (χ3n) is 4.25. The minimum absolute atomic E-state index is 0.0768. The normalized spacial score (nSPS) is 14.7. The standard InChI is InChI=1S/C19H27ClN2O4S/c20-15-7-8-17(23)16(14-15)19(25)21-9-5-3-1-2-4-6-18(24)26-22-10-12-27-13-11-22/h7-8,14,23H,1-6,9-13H2,(H,21,25). The molecule has 0 atom stereocenters. The molecule has 0 aromatic heterocycles. The van der Waals surface area contributed by atoms with Crippen molar-refractivity contribution in [3.63, 3.8) is 0 Å². The number of hydrogen-bond acceptors (Lipinski definition) is 6. The second-order valence-corrected chi connectivity index (χ2v) is 8.10. The number of hydroxylamine groups is 2. The summed E-state index contributed by atoms with van der Waals surface area (Å²) in [4.78, 5) is 29.1. The number of phenols is 1. The molecular weight excluding hydrogens is 388 g/mol. The van der Waals surface area contributed by atoms with E-state index in [1.807, 2.05) is 11.8 Å². The molecule has 0 saturated carbocycles. The largest absolute Gasteiger partial charge is 0.507 e. The van der Waals surface area contributed by atoms with Gasteiger partial charge in [0.05, 0.1) is 5.56 Å². The molecule has 1 fully saturated rings. The molecule has 8 heteroatoms. The molecule has 0 bridgehead atoms. The van der Waals surface area contributed by atoms with E-state index in [1.54, 1.807) is 5.06 Å². The Morgan fingerprint density at radius 2 is 1.85 bits per heavy atom. The summed E-state index contributed by atoms with van der Waals surface area (Å²) >= 11 is 7.72. The number of thioether (sulfide) groups is 1. The average Bonchev–Trinajstić information content (AvgIpc) is 2.66. The molecule has 2 N–H and O–H groups in total. The van der Waals surface area contributed by atoms with Gasteiger partial charge in [-0.25, -0.2) is 0 Å². The molecule has 6 nitrogen and oxygen atoms in total. The zero-order chi connectivity index (χ0) is 19.5. The summed E-state index contributed by atoms with van der Waals surface area (Å²) in [6.45, 7) is 2.17. The van der Waals surface area contributed by atoms with E-state index in [-0.39, 0.29) is 23.2 Å². The first-order valence-electron chi connectivity index (χ1n) is 9.36. The Hall–Kier alpha value is -1.44. The molecule has 1 aromatic carbocycles. The van der Waals surface area contributed by atoms with Crippen LogP contribution in [0.15, 0.2) is 18.2 Å². The maximum atomic E-state index is 12.0. The summed E-state index contributed by atoms with van der Waals surface area (Å²) in [6, 6.07) is 4.40. The number of phenolic OH excluding ortho intramolecular Hbond substituents is 1. The predicted octanol–water partition coefficient (Wildman–Crippen LogP) is 3.62. The van der Waals surface area contributed by atoms with Crippen LogP contribution in [0, 0.1) is 0 Å². The molecule has 0 unspecified atom stereocenters. The van der Waals surface area contributed by atoms with E-state index in [1.165, 1.54) is 18.2 Å². The first-order chi connectivity index (χ1) is 13.1. The molecule has 1 saturated heterocycles. The number of nitrogens with one attached hydrogen (secondary N) is 1. The van der Waals surface area contributed by atoms with Crippen LogP contribution in [0.4, 0.5) is 0 Å². The first-order valence-corrected chi connectivity index (χ1v) is 10.9. The van der Waals surface area contributed by atoms with Gasteiger partial charge in [-0.3, -0.25) is 9.59 Å². The van der Waals surface area contributed by atoms with Gasteiger partial charge in [-0.05, 0) is 31.0 Å². The highest BCUT2D eigenvalue weighted by atomic mass is 35.5. The van der Waals surface area contributed by atoms with Gasteiger partial charge in [0.25, 0.3) is 5.91 Å². The molecule has 0 aliphatic carbocycles. The third-order valence-corrected chi connectivity index (χ3v) is 5.43. The van der Waals surface area contributed by atoms with Crippen molar-refractivity contribution < 1.29 is 19.5 Å². The SMILES string of the molecule is O=C(CCCCCCCNC(=O)c1cc(Cl)ccc1O)ON1CCSCC1. The van der Waals surface area contributed by atoms with Crippen molar-refractivity contribution in [1.29, 1.82) is 0 Å². The van der Waals surface area contributed by atoms with Gasteiger partial charge < -0.3 is 15.3 Å². The number of halogens is 1. The average molecular weight is 415 g/mol. The smallest absolute Gasteiger partial charge is 0.325 e. The molecule has 150 valence electrons. The van der Waals surface area contributed by atoms with Gasteiger partial charge >= 0.3 is 5.97 Å². The number of amides is 1. The Labute approximate surface area is 169 Å². The van der Waals surface area contributed by atoms with E-state index in [4.69, 9.17) is 16.4 Å². The Morgan fingerprint density at radius 3 is 2.63 bits per heavy atom. The van der Waals surface area contributed by atoms with Crippen LogP contribution in [0.5, 0.6) is 5.75 Å². The number of hydrogen-bond donors (Lipinski definition) is 2. The van der Waals surface area contributed by atoms with Crippen LogP contribution >= 0.6 is 23.4 Å². The number of benzene rings is 1. The molecule has 1 heterocycles.